The van der Waals surface area contributed by atoms with Crippen molar-refractivity contribution in [3.05, 3.63) is 77.6 Å². The molecular weight excluding hydrogens is 583 g/mol. The molecule has 1 aliphatic heterocycles. The number of carbonyl (C=O) groups excluding carboxylic acids is 3. The van der Waals surface area contributed by atoms with Crippen LogP contribution in [0.15, 0.2) is 52.7 Å². The van der Waals surface area contributed by atoms with Gasteiger partial charge >= 0.3 is 51.4 Å². The van der Waals surface area contributed by atoms with Crippen molar-refractivity contribution in [2.24, 2.45) is 11.7 Å². The molecule has 39 heavy (non-hydrogen) atoms. The number of hydrogen-bond donors (Lipinski definition) is 3. The van der Waals surface area contributed by atoms with Crippen molar-refractivity contribution in [3.8, 4) is 0 Å². The van der Waals surface area contributed by atoms with Crippen LogP contribution < -0.4 is 62.4 Å². The summed E-state index contributed by atoms with van der Waals surface area (Å²) in [6, 6.07) is 6.29. The van der Waals surface area contributed by atoms with Crippen LogP contribution in [0.3, 0.4) is 0 Å². The second-order valence-corrected chi connectivity index (χ2v) is 9.78. The van der Waals surface area contributed by atoms with E-state index < -0.39 is 0 Å². The molecule has 0 saturated carbocycles. The fourth-order valence-electron chi connectivity index (χ4n) is 3.26. The van der Waals surface area contributed by atoms with E-state index >= 15 is 0 Å². The van der Waals surface area contributed by atoms with Gasteiger partial charge in [0.05, 0.1) is 6.04 Å². The Bertz CT molecular complexity index is 1010. The molecule has 1 aromatic rings. The Balaban J connectivity index is 0. The van der Waals surface area contributed by atoms with Crippen LogP contribution in [0.5, 0.6) is 0 Å². The predicted octanol–water partition coefficient (Wildman–Crippen LogP) is 2.51. The van der Waals surface area contributed by atoms with Crippen LogP contribution in [0.4, 0.5) is 0 Å². The van der Waals surface area contributed by atoms with Gasteiger partial charge in [0.25, 0.3) is 0 Å². The van der Waals surface area contributed by atoms with E-state index in [9.17, 15) is 14.4 Å². The molecule has 9 heteroatoms. The Morgan fingerprint density at radius 3 is 2.38 bits per heavy atom. The number of allylic oxidation sites excluding steroid dienone is 4. The SMILES string of the molecule is C=CC(=O)N1CC(NC(=O)CC)C1.CCC(C)/C=C(/C[C-]=O)c1cc(Br)ccc1C.[CH2-]C/C(C=N)=C(\[CH2-])N.[K+]. The van der Waals surface area contributed by atoms with E-state index in [0.717, 1.165) is 22.0 Å². The standard InChI is InChI=1S/C15H18BrO.C9H14N2O2.C6H10N2.K/c1-4-11(2)9-13(7-8-17)15-10-14(16)6-5-12(15)3;1-3-8(12)10-7-5-11(6-7)9(13)4-2;1-3-6(4-7)5(2)8;/h5-6,9-11H,4,7H2,1-3H3;4,7H,2-3,5-6H2,1H3,(H,10,12);4,7H,1-3,8H2;/q-1;;-2;+1/b13-9-;;6-5-,7-4?;. The number of hydrogen-bond acceptors (Lipinski definition) is 5. The molecule has 1 unspecified atom stereocenters. The van der Waals surface area contributed by atoms with Crippen molar-refractivity contribution in [1.82, 2.24) is 10.2 Å². The largest absolute Gasteiger partial charge is 1.00 e. The van der Waals surface area contributed by atoms with E-state index in [-0.39, 0.29) is 69.2 Å². The van der Waals surface area contributed by atoms with Crippen molar-refractivity contribution < 1.29 is 65.8 Å². The van der Waals surface area contributed by atoms with Crippen LogP contribution in [-0.4, -0.2) is 48.3 Å². The van der Waals surface area contributed by atoms with Crippen LogP contribution >= 0.6 is 15.9 Å². The first-order valence-corrected chi connectivity index (χ1v) is 13.4. The molecule has 0 bridgehead atoms. The maximum atomic E-state index is 11.0. The number of nitrogens with zero attached hydrogens (tertiary/aromatic N) is 1. The minimum absolute atomic E-state index is 0. The monoisotopic (exact) mass is 624 g/mol. The van der Waals surface area contributed by atoms with E-state index in [4.69, 9.17) is 11.1 Å². The summed E-state index contributed by atoms with van der Waals surface area (Å²) in [7, 11) is 0. The van der Waals surface area contributed by atoms with Crippen LogP contribution in [0.2, 0.25) is 0 Å². The van der Waals surface area contributed by atoms with E-state index in [1.54, 1.807) is 11.8 Å². The zero-order valence-electron chi connectivity index (χ0n) is 24.1. The van der Waals surface area contributed by atoms with Gasteiger partial charge in [0, 0.05) is 24.0 Å². The molecule has 0 spiro atoms. The van der Waals surface area contributed by atoms with Crippen LogP contribution in [0.1, 0.15) is 57.6 Å². The van der Waals surface area contributed by atoms with Crippen molar-refractivity contribution in [2.45, 2.75) is 59.4 Å². The summed E-state index contributed by atoms with van der Waals surface area (Å²) < 4.78 is 1.04. The molecular formula is C30H42BrKN4O3-2. The van der Waals surface area contributed by atoms with E-state index in [1.807, 2.05) is 12.4 Å². The van der Waals surface area contributed by atoms with Crippen LogP contribution in [0.25, 0.3) is 5.57 Å². The zero-order valence-corrected chi connectivity index (χ0v) is 28.8. The molecule has 0 aromatic heterocycles. The molecule has 1 fully saturated rings. The molecule has 1 atom stereocenters. The van der Waals surface area contributed by atoms with Gasteiger partial charge in [0.15, 0.2) is 0 Å². The van der Waals surface area contributed by atoms with Crippen molar-refractivity contribution >= 4 is 45.8 Å². The second kappa shape index (κ2) is 22.2. The number of likely N-dealkylation sites (tertiary alicyclic amines) is 1. The first-order valence-electron chi connectivity index (χ1n) is 12.6. The van der Waals surface area contributed by atoms with Gasteiger partial charge in [-0.1, -0.05) is 73.6 Å². The number of halogens is 1. The second-order valence-electron chi connectivity index (χ2n) is 8.87. The van der Waals surface area contributed by atoms with Gasteiger partial charge in [0.2, 0.25) is 11.8 Å². The summed E-state index contributed by atoms with van der Waals surface area (Å²) in [6.07, 6.45) is 9.13. The van der Waals surface area contributed by atoms with Gasteiger partial charge in [-0.25, -0.2) is 13.3 Å². The maximum Gasteiger partial charge on any atom is 1.00 e. The normalized spacial score (nSPS) is 13.9. The van der Waals surface area contributed by atoms with Gasteiger partial charge in [-0.05, 0) is 42.2 Å². The summed E-state index contributed by atoms with van der Waals surface area (Å²) in [5.74, 6) is 0.453. The van der Waals surface area contributed by atoms with Crippen LogP contribution in [0, 0.1) is 32.1 Å². The average Bonchev–Trinajstić information content (AvgIpc) is 2.87. The number of nitrogens with one attached hydrogen (secondary N) is 2. The van der Waals surface area contributed by atoms with Gasteiger partial charge in [-0.2, -0.15) is 5.57 Å². The van der Waals surface area contributed by atoms with Crippen molar-refractivity contribution in [1.29, 1.82) is 5.41 Å². The van der Waals surface area contributed by atoms with Gasteiger partial charge in [-0.3, -0.25) is 15.9 Å². The Hall–Kier alpha value is -1.49. The fraction of sp³-hybridized carbons (Fsp3) is 0.400. The third-order valence-corrected chi connectivity index (χ3v) is 6.34. The van der Waals surface area contributed by atoms with Crippen molar-refractivity contribution in [3.63, 3.8) is 0 Å². The van der Waals surface area contributed by atoms with Gasteiger partial charge in [-0.15, -0.1) is 12.1 Å². The molecule has 0 radical (unpaired) electrons. The summed E-state index contributed by atoms with van der Waals surface area (Å²) in [4.78, 5) is 34.2. The zero-order chi connectivity index (χ0) is 29.3. The molecule has 1 aromatic carbocycles. The summed E-state index contributed by atoms with van der Waals surface area (Å²) in [5, 5.41) is 9.56. The minimum Gasteiger partial charge on any atom is -0.541 e. The Morgan fingerprint density at radius 2 is 1.97 bits per heavy atom. The van der Waals surface area contributed by atoms with Crippen LogP contribution in [-0.2, 0) is 14.4 Å². The minimum atomic E-state index is -0.0676. The average molecular weight is 626 g/mol. The number of rotatable bonds is 10. The molecule has 1 saturated heterocycles. The molecule has 7 nitrogen and oxygen atoms in total. The van der Waals surface area contributed by atoms with E-state index in [2.05, 4.69) is 80.7 Å². The first-order chi connectivity index (χ1) is 18.0. The summed E-state index contributed by atoms with van der Waals surface area (Å²) in [5.41, 5.74) is 9.79. The number of aryl methyl sites for hydroxylation is 1. The third-order valence-electron chi connectivity index (χ3n) is 5.85. The quantitative estimate of drug-likeness (QED) is 0.160. The van der Waals surface area contributed by atoms with E-state index in [1.165, 1.54) is 17.9 Å². The number of amides is 2. The van der Waals surface area contributed by atoms with E-state index in [0.29, 0.717) is 49.5 Å². The molecule has 210 valence electrons. The summed E-state index contributed by atoms with van der Waals surface area (Å²) >= 11 is 3.47. The Morgan fingerprint density at radius 1 is 1.36 bits per heavy atom. The molecule has 2 rings (SSSR count). The maximum absolute atomic E-state index is 11.0. The van der Waals surface area contributed by atoms with Gasteiger partial charge in [0.1, 0.15) is 0 Å². The number of nitrogens with two attached hydrogens (primary N) is 1. The Labute approximate surface area is 286 Å². The molecule has 1 heterocycles. The summed E-state index contributed by atoms with van der Waals surface area (Å²) in [6.45, 7) is 19.8. The fourth-order valence-corrected chi connectivity index (χ4v) is 3.62. The predicted molar refractivity (Wildman–Crippen MR) is 161 cm³/mol. The molecule has 1 aliphatic rings. The molecule has 2 amide bonds. The smallest absolute Gasteiger partial charge is 0.541 e. The van der Waals surface area contributed by atoms with Gasteiger partial charge < -0.3 is 33.1 Å². The molecule has 4 N–H and O–H groups in total. The molecule has 0 aliphatic carbocycles. The topological polar surface area (TPSA) is 116 Å². The first kappa shape index (κ1) is 39.6. The van der Waals surface area contributed by atoms with Crippen molar-refractivity contribution in [2.75, 3.05) is 13.1 Å². The third kappa shape index (κ3) is 15.8. The number of carbonyl (C=O) groups is 2. The Kier molecular flexibility index (Phi) is 22.6. The number of benzene rings is 1.